The van der Waals surface area contributed by atoms with E-state index in [0.717, 1.165) is 37.7 Å². The highest BCUT2D eigenvalue weighted by atomic mass is 32.1. The minimum Gasteiger partial charge on any atom is -0.379 e. The van der Waals surface area contributed by atoms with Crippen molar-refractivity contribution in [3.05, 3.63) is 54.1 Å². The van der Waals surface area contributed by atoms with E-state index in [1.54, 1.807) is 0 Å². The van der Waals surface area contributed by atoms with Gasteiger partial charge in [-0.2, -0.15) is 0 Å². The third-order valence-electron chi connectivity index (χ3n) is 3.69. The fraction of sp³-hybridized carbons (Fsp3) is 0.294. The third kappa shape index (κ3) is 3.23. The normalized spacial score (nSPS) is 16.2. The lowest BCUT2D eigenvalue weighted by molar-refractivity contribution is 0.0342. The first-order valence-corrected chi connectivity index (χ1v) is 7.45. The molecule has 1 saturated heterocycles. The molecule has 1 fully saturated rings. The van der Waals surface area contributed by atoms with Crippen LogP contribution in [-0.4, -0.2) is 31.2 Å². The van der Waals surface area contributed by atoms with Crippen LogP contribution in [0, 0.1) is 0 Å². The third-order valence-corrected chi connectivity index (χ3v) is 3.99. The summed E-state index contributed by atoms with van der Waals surface area (Å²) in [6.07, 6.45) is 0. The van der Waals surface area contributed by atoms with Crippen LogP contribution in [0.25, 0.3) is 11.1 Å². The SMILES string of the molecule is Sc1ccc(-c2ccccc2CN2CCOCC2)cc1. The zero-order valence-electron chi connectivity index (χ0n) is 11.5. The molecular weight excluding hydrogens is 266 g/mol. The first-order valence-electron chi connectivity index (χ1n) is 7.00. The summed E-state index contributed by atoms with van der Waals surface area (Å²) in [5.74, 6) is 0. The van der Waals surface area contributed by atoms with E-state index in [0.29, 0.717) is 0 Å². The van der Waals surface area contributed by atoms with Crippen molar-refractivity contribution in [2.24, 2.45) is 0 Å². The summed E-state index contributed by atoms with van der Waals surface area (Å²) in [6.45, 7) is 4.71. The molecule has 0 aromatic heterocycles. The van der Waals surface area contributed by atoms with Crippen LogP contribution in [0.2, 0.25) is 0 Å². The van der Waals surface area contributed by atoms with Gasteiger partial charge in [-0.1, -0.05) is 36.4 Å². The largest absolute Gasteiger partial charge is 0.379 e. The molecule has 0 saturated carbocycles. The van der Waals surface area contributed by atoms with Crippen molar-refractivity contribution in [2.75, 3.05) is 26.3 Å². The Morgan fingerprint density at radius 3 is 2.40 bits per heavy atom. The molecule has 0 radical (unpaired) electrons. The van der Waals surface area contributed by atoms with Gasteiger partial charge < -0.3 is 4.74 Å². The van der Waals surface area contributed by atoms with E-state index in [4.69, 9.17) is 4.74 Å². The van der Waals surface area contributed by atoms with Crippen LogP contribution in [-0.2, 0) is 11.3 Å². The maximum Gasteiger partial charge on any atom is 0.0594 e. The summed E-state index contributed by atoms with van der Waals surface area (Å²) in [6, 6.07) is 17.0. The zero-order chi connectivity index (χ0) is 13.8. The van der Waals surface area contributed by atoms with Crippen molar-refractivity contribution in [3.63, 3.8) is 0 Å². The molecule has 2 aromatic rings. The van der Waals surface area contributed by atoms with Crippen LogP contribution < -0.4 is 0 Å². The van der Waals surface area contributed by atoms with Gasteiger partial charge in [0.15, 0.2) is 0 Å². The first-order chi connectivity index (χ1) is 9.83. The highest BCUT2D eigenvalue weighted by molar-refractivity contribution is 7.80. The molecule has 0 spiro atoms. The molecule has 0 aliphatic carbocycles. The maximum atomic E-state index is 5.42. The van der Waals surface area contributed by atoms with E-state index < -0.39 is 0 Å². The fourth-order valence-corrected chi connectivity index (χ4v) is 2.73. The molecule has 0 atom stereocenters. The molecule has 1 heterocycles. The van der Waals surface area contributed by atoms with Crippen LogP contribution in [0.15, 0.2) is 53.4 Å². The van der Waals surface area contributed by atoms with Crippen molar-refractivity contribution in [1.29, 1.82) is 0 Å². The van der Waals surface area contributed by atoms with Crippen LogP contribution in [0.3, 0.4) is 0 Å². The molecule has 1 aliphatic rings. The topological polar surface area (TPSA) is 12.5 Å². The van der Waals surface area contributed by atoms with Gasteiger partial charge in [0.1, 0.15) is 0 Å². The molecule has 0 unspecified atom stereocenters. The van der Waals surface area contributed by atoms with Crippen molar-refractivity contribution in [3.8, 4) is 11.1 Å². The van der Waals surface area contributed by atoms with Gasteiger partial charge in [-0.05, 0) is 28.8 Å². The second-order valence-electron chi connectivity index (χ2n) is 5.09. The van der Waals surface area contributed by atoms with E-state index in [1.807, 2.05) is 12.1 Å². The maximum absolute atomic E-state index is 5.42. The molecule has 0 amide bonds. The Hall–Kier alpha value is -1.29. The van der Waals surface area contributed by atoms with E-state index in [2.05, 4.69) is 53.9 Å². The lowest BCUT2D eigenvalue weighted by Crippen LogP contribution is -2.35. The molecule has 3 rings (SSSR count). The van der Waals surface area contributed by atoms with Crippen molar-refractivity contribution < 1.29 is 4.74 Å². The molecule has 0 bridgehead atoms. The van der Waals surface area contributed by atoms with Gasteiger partial charge in [-0.15, -0.1) is 12.6 Å². The monoisotopic (exact) mass is 285 g/mol. The Balaban J connectivity index is 1.85. The predicted octanol–water partition coefficient (Wildman–Crippen LogP) is 3.47. The van der Waals surface area contributed by atoms with Gasteiger partial charge in [-0.3, -0.25) is 4.90 Å². The van der Waals surface area contributed by atoms with E-state index in [1.165, 1.54) is 16.7 Å². The average molecular weight is 285 g/mol. The molecule has 1 aliphatic heterocycles. The summed E-state index contributed by atoms with van der Waals surface area (Å²) in [5, 5.41) is 0. The Kier molecular flexibility index (Phi) is 4.41. The van der Waals surface area contributed by atoms with E-state index in [-0.39, 0.29) is 0 Å². The second-order valence-corrected chi connectivity index (χ2v) is 5.61. The summed E-state index contributed by atoms with van der Waals surface area (Å²) >= 11 is 4.35. The van der Waals surface area contributed by atoms with Crippen LogP contribution >= 0.6 is 12.6 Å². The molecule has 3 heteroatoms. The van der Waals surface area contributed by atoms with Gasteiger partial charge in [0, 0.05) is 24.5 Å². The summed E-state index contributed by atoms with van der Waals surface area (Å²) in [5.41, 5.74) is 3.94. The van der Waals surface area contributed by atoms with Crippen LogP contribution in [0.4, 0.5) is 0 Å². The van der Waals surface area contributed by atoms with Gasteiger partial charge >= 0.3 is 0 Å². The molecule has 104 valence electrons. The van der Waals surface area contributed by atoms with Gasteiger partial charge in [-0.25, -0.2) is 0 Å². The van der Waals surface area contributed by atoms with Gasteiger partial charge in [0.25, 0.3) is 0 Å². The number of nitrogens with zero attached hydrogens (tertiary/aromatic N) is 1. The smallest absolute Gasteiger partial charge is 0.0594 e. The quantitative estimate of drug-likeness (QED) is 0.867. The van der Waals surface area contributed by atoms with Crippen molar-refractivity contribution in [1.82, 2.24) is 4.90 Å². The molecule has 2 aromatic carbocycles. The van der Waals surface area contributed by atoms with Crippen molar-refractivity contribution >= 4 is 12.6 Å². The number of hydrogen-bond donors (Lipinski definition) is 1. The Morgan fingerprint density at radius 1 is 0.950 bits per heavy atom. The van der Waals surface area contributed by atoms with Gasteiger partial charge in [0.2, 0.25) is 0 Å². The predicted molar refractivity (Wildman–Crippen MR) is 85.2 cm³/mol. The number of hydrogen-bond acceptors (Lipinski definition) is 3. The molecule has 2 nitrogen and oxygen atoms in total. The second kappa shape index (κ2) is 6.44. The number of rotatable bonds is 3. The minimum absolute atomic E-state index is 0.844. The highest BCUT2D eigenvalue weighted by Crippen LogP contribution is 2.26. The molecular formula is C17H19NOS. The number of benzene rings is 2. The lowest BCUT2D eigenvalue weighted by atomic mass is 9.99. The van der Waals surface area contributed by atoms with Crippen molar-refractivity contribution in [2.45, 2.75) is 11.4 Å². The standard InChI is InChI=1S/C17H19NOS/c20-16-7-5-14(6-8-16)17-4-2-1-3-15(17)13-18-9-11-19-12-10-18/h1-8,20H,9-13H2. The van der Waals surface area contributed by atoms with Crippen LogP contribution in [0.1, 0.15) is 5.56 Å². The Bertz CT molecular complexity index is 561. The highest BCUT2D eigenvalue weighted by Gasteiger charge is 2.13. The minimum atomic E-state index is 0.844. The van der Waals surface area contributed by atoms with E-state index >= 15 is 0 Å². The van der Waals surface area contributed by atoms with Gasteiger partial charge in [0.05, 0.1) is 13.2 Å². The number of ether oxygens (including phenoxy) is 1. The first kappa shape index (κ1) is 13.7. The summed E-state index contributed by atoms with van der Waals surface area (Å²) in [4.78, 5) is 3.45. The average Bonchev–Trinajstić information content (AvgIpc) is 2.50. The number of morpholine rings is 1. The number of thiol groups is 1. The lowest BCUT2D eigenvalue weighted by Gasteiger charge is -2.27. The Labute approximate surface area is 125 Å². The Morgan fingerprint density at radius 2 is 1.65 bits per heavy atom. The summed E-state index contributed by atoms with van der Waals surface area (Å²) < 4.78 is 5.42. The molecule has 20 heavy (non-hydrogen) atoms. The fourth-order valence-electron chi connectivity index (χ4n) is 2.58. The zero-order valence-corrected chi connectivity index (χ0v) is 12.4. The summed E-state index contributed by atoms with van der Waals surface area (Å²) in [7, 11) is 0. The van der Waals surface area contributed by atoms with E-state index in [9.17, 15) is 0 Å². The molecule has 0 N–H and O–H groups in total. The van der Waals surface area contributed by atoms with Crippen LogP contribution in [0.5, 0.6) is 0 Å².